The number of amides is 1. The van der Waals surface area contributed by atoms with Gasteiger partial charge in [0.2, 0.25) is 0 Å². The number of ether oxygens (including phenoxy) is 1. The van der Waals surface area contributed by atoms with E-state index in [-0.39, 0.29) is 0 Å². The predicted molar refractivity (Wildman–Crippen MR) is 85.9 cm³/mol. The maximum absolute atomic E-state index is 11.8. The molecule has 2 aromatic rings. The van der Waals surface area contributed by atoms with Gasteiger partial charge in [0.15, 0.2) is 5.82 Å². The van der Waals surface area contributed by atoms with Gasteiger partial charge in [0.05, 0.1) is 5.69 Å². The highest BCUT2D eigenvalue weighted by atomic mass is 79.9. The molecule has 0 aliphatic carbocycles. The molecule has 0 aliphatic heterocycles. The molecule has 5 nitrogen and oxygen atoms in total. The van der Waals surface area contributed by atoms with Gasteiger partial charge in [0.25, 0.3) is 0 Å². The Hall–Kier alpha value is -1.82. The number of aryl methyl sites for hydroxylation is 1. The second-order valence-corrected chi connectivity index (χ2v) is 6.52. The second-order valence-electron chi connectivity index (χ2n) is 5.66. The molecule has 1 N–H and O–H groups in total. The number of para-hydroxylation sites is 1. The number of carbonyl (C=O) groups excluding carboxylic acids is 1. The van der Waals surface area contributed by atoms with Crippen LogP contribution in [0.4, 0.5) is 10.6 Å². The van der Waals surface area contributed by atoms with Crippen molar-refractivity contribution >= 4 is 27.8 Å². The summed E-state index contributed by atoms with van der Waals surface area (Å²) >= 11 is 3.49. The number of aromatic nitrogens is 2. The van der Waals surface area contributed by atoms with Gasteiger partial charge >= 0.3 is 6.09 Å². The summed E-state index contributed by atoms with van der Waals surface area (Å²) in [5, 5.41) is 7.03. The van der Waals surface area contributed by atoms with Crippen LogP contribution in [0.25, 0.3) is 5.69 Å². The molecule has 0 spiro atoms. The topological polar surface area (TPSA) is 56.1 Å². The number of halogens is 1. The lowest BCUT2D eigenvalue weighted by Gasteiger charge is -2.19. The summed E-state index contributed by atoms with van der Waals surface area (Å²) in [4.78, 5) is 11.8. The first kappa shape index (κ1) is 15.6. The molecule has 1 amide bonds. The Labute approximate surface area is 132 Å². The van der Waals surface area contributed by atoms with Crippen molar-refractivity contribution in [1.29, 1.82) is 0 Å². The number of benzene rings is 1. The van der Waals surface area contributed by atoms with E-state index in [1.807, 2.05) is 52.0 Å². The molecule has 112 valence electrons. The third-order valence-electron chi connectivity index (χ3n) is 2.60. The molecule has 0 atom stereocenters. The number of nitrogens with one attached hydrogen (secondary N) is 1. The predicted octanol–water partition coefficient (Wildman–Crippen LogP) is 4.29. The molecular weight excluding hydrogens is 334 g/mol. The maximum Gasteiger partial charge on any atom is 0.413 e. The van der Waals surface area contributed by atoms with E-state index >= 15 is 0 Å². The molecule has 1 aromatic carbocycles. The molecule has 21 heavy (non-hydrogen) atoms. The third kappa shape index (κ3) is 4.07. The smallest absolute Gasteiger partial charge is 0.413 e. The van der Waals surface area contributed by atoms with Crippen molar-refractivity contribution in [1.82, 2.24) is 9.78 Å². The van der Waals surface area contributed by atoms with E-state index in [9.17, 15) is 4.79 Å². The third-order valence-corrected chi connectivity index (χ3v) is 3.27. The van der Waals surface area contributed by atoms with Crippen molar-refractivity contribution in [2.75, 3.05) is 5.32 Å². The van der Waals surface area contributed by atoms with Gasteiger partial charge in [0, 0.05) is 16.2 Å². The Bertz CT molecular complexity index is 659. The number of anilines is 1. The van der Waals surface area contributed by atoms with Gasteiger partial charge in [-0.3, -0.25) is 5.32 Å². The SMILES string of the molecule is Cc1cc(NC(=O)OC(C)(C)C)nn1-c1ccccc1Br. The second kappa shape index (κ2) is 5.89. The van der Waals surface area contributed by atoms with Crippen LogP contribution in [0.2, 0.25) is 0 Å². The maximum atomic E-state index is 11.8. The lowest BCUT2D eigenvalue weighted by molar-refractivity contribution is 0.0635. The number of carbonyl (C=O) groups is 1. The monoisotopic (exact) mass is 351 g/mol. The van der Waals surface area contributed by atoms with E-state index in [4.69, 9.17) is 4.74 Å². The minimum atomic E-state index is -0.538. The highest BCUT2D eigenvalue weighted by Gasteiger charge is 2.17. The zero-order valence-corrected chi connectivity index (χ0v) is 14.1. The number of rotatable bonds is 2. The van der Waals surface area contributed by atoms with Gasteiger partial charge in [-0.05, 0) is 55.8 Å². The van der Waals surface area contributed by atoms with Gasteiger partial charge < -0.3 is 4.74 Å². The Morgan fingerprint density at radius 3 is 2.62 bits per heavy atom. The van der Waals surface area contributed by atoms with Crippen LogP contribution in [0.15, 0.2) is 34.8 Å². The molecule has 2 rings (SSSR count). The largest absolute Gasteiger partial charge is 0.444 e. The molecule has 0 fully saturated rings. The van der Waals surface area contributed by atoms with E-state index in [1.165, 1.54) is 0 Å². The lowest BCUT2D eigenvalue weighted by Crippen LogP contribution is -2.27. The van der Waals surface area contributed by atoms with E-state index in [2.05, 4.69) is 26.3 Å². The van der Waals surface area contributed by atoms with E-state index in [0.717, 1.165) is 15.9 Å². The van der Waals surface area contributed by atoms with Crippen molar-refractivity contribution in [3.8, 4) is 5.69 Å². The molecule has 1 aromatic heterocycles. The van der Waals surface area contributed by atoms with Gasteiger partial charge in [-0.1, -0.05) is 12.1 Å². The molecule has 0 bridgehead atoms. The molecule has 0 aliphatic rings. The van der Waals surface area contributed by atoms with Crippen molar-refractivity contribution < 1.29 is 9.53 Å². The van der Waals surface area contributed by atoms with Gasteiger partial charge in [-0.2, -0.15) is 0 Å². The summed E-state index contributed by atoms with van der Waals surface area (Å²) in [6.45, 7) is 7.37. The van der Waals surface area contributed by atoms with Crippen LogP contribution in [0.3, 0.4) is 0 Å². The van der Waals surface area contributed by atoms with Gasteiger partial charge in [-0.15, -0.1) is 5.10 Å². The molecular formula is C15H18BrN3O2. The van der Waals surface area contributed by atoms with Gasteiger partial charge in [0.1, 0.15) is 5.60 Å². The Morgan fingerprint density at radius 1 is 1.33 bits per heavy atom. The lowest BCUT2D eigenvalue weighted by atomic mass is 10.2. The normalized spacial score (nSPS) is 11.3. The summed E-state index contributed by atoms with van der Waals surface area (Å²) in [7, 11) is 0. The molecule has 0 saturated carbocycles. The molecule has 0 unspecified atom stereocenters. The molecule has 0 saturated heterocycles. The van der Waals surface area contributed by atoms with Crippen LogP contribution in [0, 0.1) is 6.92 Å². The van der Waals surface area contributed by atoms with Crippen LogP contribution in [0.5, 0.6) is 0 Å². The highest BCUT2D eigenvalue weighted by molar-refractivity contribution is 9.10. The van der Waals surface area contributed by atoms with Crippen molar-refractivity contribution in [3.05, 3.63) is 40.5 Å². The minimum Gasteiger partial charge on any atom is -0.444 e. The van der Waals surface area contributed by atoms with E-state index in [0.29, 0.717) is 5.82 Å². The van der Waals surface area contributed by atoms with Crippen molar-refractivity contribution in [2.45, 2.75) is 33.3 Å². The highest BCUT2D eigenvalue weighted by Crippen LogP contribution is 2.23. The molecule has 0 radical (unpaired) electrons. The Kier molecular flexibility index (Phi) is 4.37. The summed E-state index contributed by atoms with van der Waals surface area (Å²) in [5.41, 5.74) is 1.28. The quantitative estimate of drug-likeness (QED) is 0.877. The molecule has 1 heterocycles. The van der Waals surface area contributed by atoms with Gasteiger partial charge in [-0.25, -0.2) is 9.48 Å². The first-order chi connectivity index (χ1) is 9.76. The Balaban J connectivity index is 2.21. The van der Waals surface area contributed by atoms with Crippen LogP contribution >= 0.6 is 15.9 Å². The fourth-order valence-corrected chi connectivity index (χ4v) is 2.26. The average molecular weight is 352 g/mol. The van der Waals surface area contributed by atoms with E-state index < -0.39 is 11.7 Å². The minimum absolute atomic E-state index is 0.456. The van der Waals surface area contributed by atoms with Crippen LogP contribution < -0.4 is 5.32 Å². The summed E-state index contributed by atoms with van der Waals surface area (Å²) in [6, 6.07) is 9.55. The van der Waals surface area contributed by atoms with E-state index in [1.54, 1.807) is 10.7 Å². The zero-order chi connectivity index (χ0) is 15.6. The Morgan fingerprint density at radius 2 is 2.00 bits per heavy atom. The zero-order valence-electron chi connectivity index (χ0n) is 12.5. The summed E-state index contributed by atoms with van der Waals surface area (Å²) in [6.07, 6.45) is -0.515. The number of hydrogen-bond donors (Lipinski definition) is 1. The van der Waals surface area contributed by atoms with Crippen LogP contribution in [-0.4, -0.2) is 21.5 Å². The van der Waals surface area contributed by atoms with Crippen molar-refractivity contribution in [2.24, 2.45) is 0 Å². The fraction of sp³-hybridized carbons (Fsp3) is 0.333. The first-order valence-electron chi connectivity index (χ1n) is 6.58. The molecule has 6 heteroatoms. The first-order valence-corrected chi connectivity index (χ1v) is 7.37. The van der Waals surface area contributed by atoms with Crippen LogP contribution in [-0.2, 0) is 4.74 Å². The number of nitrogens with zero attached hydrogens (tertiary/aromatic N) is 2. The number of hydrogen-bond acceptors (Lipinski definition) is 3. The van der Waals surface area contributed by atoms with Crippen LogP contribution in [0.1, 0.15) is 26.5 Å². The van der Waals surface area contributed by atoms with Crippen molar-refractivity contribution in [3.63, 3.8) is 0 Å². The standard InChI is InChI=1S/C15H18BrN3O2/c1-10-9-13(17-14(20)21-15(2,3)4)18-19(10)12-8-6-5-7-11(12)16/h5-9H,1-4H3,(H,17,18,20). The average Bonchev–Trinajstić information content (AvgIpc) is 2.68. The summed E-state index contributed by atoms with van der Waals surface area (Å²) < 4.78 is 7.90. The summed E-state index contributed by atoms with van der Waals surface area (Å²) in [5.74, 6) is 0.456. The fourth-order valence-electron chi connectivity index (χ4n) is 1.81.